The number of H-pyrrole nitrogens is 1. The first kappa shape index (κ1) is 30.5. The van der Waals surface area contributed by atoms with Crippen molar-refractivity contribution in [3.63, 3.8) is 0 Å². The number of rotatable bonds is 10. The molecule has 39 heavy (non-hydrogen) atoms. The normalized spacial score (nSPS) is 22.7. The Kier molecular flexibility index (Phi) is 9.39. The Hall–Kier alpha value is -3.04. The Bertz CT molecular complexity index is 1320. The zero-order valence-electron chi connectivity index (χ0n) is 20.8. The molecule has 0 spiro atoms. The van der Waals surface area contributed by atoms with Crippen LogP contribution in [0, 0.1) is 5.82 Å². The number of aromatic amines is 1. The summed E-state index contributed by atoms with van der Waals surface area (Å²) in [5.74, 6) is -2.57. The van der Waals surface area contributed by atoms with Crippen LogP contribution in [0.3, 0.4) is 0 Å². The number of nitrogens with zero attached hydrogens (tertiary/aromatic N) is 1. The van der Waals surface area contributed by atoms with E-state index in [0.717, 1.165) is 6.92 Å². The van der Waals surface area contributed by atoms with E-state index >= 15 is 0 Å². The van der Waals surface area contributed by atoms with Crippen molar-refractivity contribution in [2.75, 3.05) is 0 Å². The summed E-state index contributed by atoms with van der Waals surface area (Å²) in [6, 6.07) is 5.50. The summed E-state index contributed by atoms with van der Waals surface area (Å²) in [6.07, 6.45) is -15.2. The van der Waals surface area contributed by atoms with Crippen LogP contribution in [-0.2, 0) is 23.4 Å². The average molecular weight is 583 g/mol. The van der Waals surface area contributed by atoms with Gasteiger partial charge in [-0.05, 0) is 32.9 Å². The lowest BCUT2D eigenvalue weighted by Gasteiger charge is -2.31. The number of aliphatic hydroxyl groups excluding tert-OH is 1. The van der Waals surface area contributed by atoms with Gasteiger partial charge >= 0.3 is 25.6 Å². The molecule has 6 atom stereocenters. The molecule has 0 amide bonds. The second kappa shape index (κ2) is 12.0. The lowest BCUT2D eigenvalue weighted by molar-refractivity contribution is -0.237. The molecule has 1 fully saturated rings. The number of ether oxygens (including phenoxy) is 2. The molecule has 12 nitrogen and oxygen atoms in total. The fourth-order valence-electron chi connectivity index (χ4n) is 3.57. The van der Waals surface area contributed by atoms with Crippen LogP contribution in [0.15, 0.2) is 46.1 Å². The second-order valence-corrected chi connectivity index (χ2v) is 10.5. The Morgan fingerprint density at radius 1 is 1.23 bits per heavy atom. The van der Waals surface area contributed by atoms with Crippen molar-refractivity contribution in [2.45, 2.75) is 70.1 Å². The van der Waals surface area contributed by atoms with Crippen molar-refractivity contribution < 1.29 is 50.5 Å². The first-order chi connectivity index (χ1) is 18.1. The molecule has 1 aromatic carbocycles. The number of para-hydroxylation sites is 1. The number of halogens is 4. The lowest BCUT2D eigenvalue weighted by Crippen LogP contribution is -2.48. The molecule has 1 aromatic heterocycles. The highest BCUT2D eigenvalue weighted by molar-refractivity contribution is 7.52. The van der Waals surface area contributed by atoms with Crippen molar-refractivity contribution in [3.8, 4) is 5.75 Å². The SMILES string of the molecule is CC(C)OC(=O)[C@H](C)N[P@@](=O)(Oc1ccccc1)O[C@@H]([C@H]1O[C@@H](n2cc(F)c(=O)[nH]c2=O)C[C@@H]1O)C(F)(F)F. The summed E-state index contributed by atoms with van der Waals surface area (Å²) in [5.41, 5.74) is -2.57. The van der Waals surface area contributed by atoms with Gasteiger partial charge in [-0.15, -0.1) is 0 Å². The number of hydrogen-bond donors (Lipinski definition) is 3. The maximum atomic E-state index is 14.2. The van der Waals surface area contributed by atoms with Gasteiger partial charge in [0.25, 0.3) is 5.56 Å². The van der Waals surface area contributed by atoms with Gasteiger partial charge in [0.1, 0.15) is 24.1 Å². The molecule has 2 aromatic rings. The van der Waals surface area contributed by atoms with Crippen LogP contribution in [0.1, 0.15) is 33.4 Å². The molecule has 216 valence electrons. The number of aromatic nitrogens is 2. The molecule has 0 aliphatic carbocycles. The molecule has 0 bridgehead atoms. The van der Waals surface area contributed by atoms with Gasteiger partial charge < -0.3 is 19.1 Å². The van der Waals surface area contributed by atoms with E-state index in [9.17, 15) is 41.6 Å². The number of nitrogens with one attached hydrogen (secondary N) is 2. The van der Waals surface area contributed by atoms with Crippen LogP contribution in [0.25, 0.3) is 0 Å². The van der Waals surface area contributed by atoms with E-state index in [0.29, 0.717) is 10.8 Å². The Morgan fingerprint density at radius 3 is 2.46 bits per heavy atom. The van der Waals surface area contributed by atoms with Gasteiger partial charge in [0, 0.05) is 6.42 Å². The first-order valence-corrected chi connectivity index (χ1v) is 13.1. The number of hydrogen-bond acceptors (Lipinski definition) is 9. The number of carbonyl (C=O) groups is 1. The van der Waals surface area contributed by atoms with Gasteiger partial charge in [-0.2, -0.15) is 22.6 Å². The molecule has 3 rings (SSSR count). The standard InChI is InChI=1S/C22H26F4N3O9P/c1-11(2)35-20(32)12(3)28-39(34,37-13-7-5-4-6-8-13)38-18(22(24,25)26)17-15(30)9-16(36-17)29-10-14(23)19(31)27-21(29)33/h4-8,10-12,15-18,30H,9H2,1-3H3,(H,28,34)(H,27,31,33)/t12-,15-,16+,17-,18-,39+/m0/s1. The maximum absolute atomic E-state index is 14.2. The molecule has 0 saturated carbocycles. The molecule has 1 aliphatic heterocycles. The molecule has 1 aliphatic rings. The van der Waals surface area contributed by atoms with Gasteiger partial charge in [-0.1, -0.05) is 18.2 Å². The van der Waals surface area contributed by atoms with E-state index in [4.69, 9.17) is 18.5 Å². The minimum Gasteiger partial charge on any atom is -0.462 e. The minimum atomic E-state index is -5.33. The molecular formula is C22H26F4N3O9P. The fraction of sp³-hybridized carbons (Fsp3) is 0.500. The van der Waals surface area contributed by atoms with E-state index in [-0.39, 0.29) is 5.75 Å². The van der Waals surface area contributed by atoms with E-state index in [1.54, 1.807) is 11.1 Å². The van der Waals surface area contributed by atoms with Crippen molar-refractivity contribution in [3.05, 3.63) is 63.2 Å². The summed E-state index contributed by atoms with van der Waals surface area (Å²) in [5, 5.41) is 12.5. The molecule has 17 heteroatoms. The van der Waals surface area contributed by atoms with Gasteiger partial charge in [0.2, 0.25) is 5.82 Å². The lowest BCUT2D eigenvalue weighted by atomic mass is 10.1. The highest BCUT2D eigenvalue weighted by Crippen LogP contribution is 2.50. The smallest absolute Gasteiger partial charge is 0.460 e. The number of aliphatic hydroxyl groups is 1. The predicted molar refractivity (Wildman–Crippen MR) is 125 cm³/mol. The largest absolute Gasteiger partial charge is 0.462 e. The highest BCUT2D eigenvalue weighted by atomic mass is 31.2. The zero-order valence-corrected chi connectivity index (χ0v) is 21.6. The van der Waals surface area contributed by atoms with Crippen LogP contribution in [0.5, 0.6) is 5.75 Å². The fourth-order valence-corrected chi connectivity index (χ4v) is 5.25. The monoisotopic (exact) mass is 583 g/mol. The molecule has 2 heterocycles. The third kappa shape index (κ3) is 7.76. The average Bonchev–Trinajstić information content (AvgIpc) is 3.20. The van der Waals surface area contributed by atoms with Gasteiger partial charge in [-0.3, -0.25) is 23.7 Å². The van der Waals surface area contributed by atoms with Crippen molar-refractivity contribution in [2.24, 2.45) is 0 Å². The predicted octanol–water partition coefficient (Wildman–Crippen LogP) is 2.39. The topological polar surface area (TPSA) is 158 Å². The van der Waals surface area contributed by atoms with Gasteiger partial charge in [0.05, 0.1) is 18.4 Å². The van der Waals surface area contributed by atoms with Crippen LogP contribution >= 0.6 is 7.75 Å². The number of alkyl halides is 3. The van der Waals surface area contributed by atoms with E-state index in [1.165, 1.54) is 38.1 Å². The minimum absolute atomic E-state index is 0.181. The summed E-state index contributed by atoms with van der Waals surface area (Å²) in [6.45, 7) is 4.21. The summed E-state index contributed by atoms with van der Waals surface area (Å²) in [4.78, 5) is 37.2. The molecule has 1 saturated heterocycles. The number of carbonyl (C=O) groups excluding carboxylic acids is 1. The third-order valence-electron chi connectivity index (χ3n) is 5.27. The summed E-state index contributed by atoms with van der Waals surface area (Å²) < 4.78 is 90.8. The van der Waals surface area contributed by atoms with Crippen LogP contribution in [0.2, 0.25) is 0 Å². The molecular weight excluding hydrogens is 557 g/mol. The van der Waals surface area contributed by atoms with E-state index < -0.39 is 80.1 Å². The highest BCUT2D eigenvalue weighted by Gasteiger charge is 2.56. The Morgan fingerprint density at radius 2 is 1.87 bits per heavy atom. The quantitative estimate of drug-likeness (QED) is 0.216. The van der Waals surface area contributed by atoms with E-state index in [2.05, 4.69) is 5.09 Å². The maximum Gasteiger partial charge on any atom is 0.460 e. The Balaban J connectivity index is 1.94. The molecule has 0 unspecified atom stereocenters. The van der Waals surface area contributed by atoms with Crippen LogP contribution in [-0.4, -0.2) is 57.3 Å². The van der Waals surface area contributed by atoms with Gasteiger partial charge in [0.15, 0.2) is 6.10 Å². The Labute approximate surface area is 218 Å². The summed E-state index contributed by atoms with van der Waals surface area (Å²) >= 11 is 0. The second-order valence-electron chi connectivity index (χ2n) is 8.81. The first-order valence-electron chi connectivity index (χ1n) is 11.5. The van der Waals surface area contributed by atoms with E-state index in [1.807, 2.05) is 0 Å². The van der Waals surface area contributed by atoms with Crippen LogP contribution in [0.4, 0.5) is 17.6 Å². The van der Waals surface area contributed by atoms with Crippen molar-refractivity contribution >= 4 is 13.7 Å². The third-order valence-corrected chi connectivity index (χ3v) is 6.93. The van der Waals surface area contributed by atoms with Crippen LogP contribution < -0.4 is 20.9 Å². The summed E-state index contributed by atoms with van der Waals surface area (Å²) in [7, 11) is -5.08. The van der Waals surface area contributed by atoms with Crippen molar-refractivity contribution in [1.82, 2.24) is 14.6 Å². The van der Waals surface area contributed by atoms with Crippen molar-refractivity contribution in [1.29, 1.82) is 0 Å². The molecule has 0 radical (unpaired) electrons. The van der Waals surface area contributed by atoms with Gasteiger partial charge in [-0.25, -0.2) is 9.36 Å². The molecule has 3 N–H and O–H groups in total. The zero-order chi connectivity index (χ0) is 29.1. The number of esters is 1. The number of benzene rings is 1.